The number of anilines is 2. The maximum Gasteiger partial charge on any atom is 0.332 e. The molecule has 0 spiro atoms. The lowest BCUT2D eigenvalue weighted by Gasteiger charge is -2.33. The second kappa shape index (κ2) is 9.37. The zero-order chi connectivity index (χ0) is 26.4. The molecule has 8 heteroatoms. The lowest BCUT2D eigenvalue weighted by Crippen LogP contribution is -2.40. The average Bonchev–Trinajstić information content (AvgIpc) is 3.31. The van der Waals surface area contributed by atoms with Crippen LogP contribution in [0, 0.1) is 12.8 Å². The van der Waals surface area contributed by atoms with Crippen molar-refractivity contribution in [2.45, 2.75) is 26.9 Å². The third kappa shape index (κ3) is 4.18. The molecule has 2 aromatic heterocycles. The summed E-state index contributed by atoms with van der Waals surface area (Å²) in [5, 5.41) is 0. The van der Waals surface area contributed by atoms with E-state index in [1.165, 1.54) is 9.13 Å². The fourth-order valence-corrected chi connectivity index (χ4v) is 5.06. The number of para-hydroxylation sites is 1. The van der Waals surface area contributed by atoms with Gasteiger partial charge in [-0.1, -0.05) is 55.0 Å². The average molecular weight is 508 g/mol. The number of rotatable bonds is 5. The molecule has 5 aromatic rings. The van der Waals surface area contributed by atoms with Gasteiger partial charge in [-0.2, -0.15) is 4.98 Å². The van der Waals surface area contributed by atoms with E-state index < -0.39 is 0 Å². The van der Waals surface area contributed by atoms with Gasteiger partial charge in [-0.3, -0.25) is 13.9 Å². The summed E-state index contributed by atoms with van der Waals surface area (Å²) in [5.41, 5.74) is 3.14. The Hall–Kier alpha value is -4.59. The zero-order valence-corrected chi connectivity index (χ0v) is 21.7. The fraction of sp³-hybridized carbons (Fsp3) is 0.233. The molecule has 0 aliphatic carbocycles. The van der Waals surface area contributed by atoms with Gasteiger partial charge in [0.15, 0.2) is 11.2 Å². The molecule has 0 radical (unpaired) electrons. The topological polar surface area (TPSA) is 74.3 Å². The van der Waals surface area contributed by atoms with Crippen molar-refractivity contribution in [1.29, 1.82) is 0 Å². The van der Waals surface area contributed by atoms with Crippen molar-refractivity contribution >= 4 is 22.8 Å². The number of ether oxygens (including phenoxy) is 1. The summed E-state index contributed by atoms with van der Waals surface area (Å²) in [6.07, 6.45) is 0. The van der Waals surface area contributed by atoms with E-state index in [9.17, 15) is 9.59 Å². The minimum absolute atomic E-state index is 0.213. The summed E-state index contributed by atoms with van der Waals surface area (Å²) in [4.78, 5) is 33.9. The molecule has 6 rings (SSSR count). The van der Waals surface area contributed by atoms with Crippen LogP contribution in [0.2, 0.25) is 0 Å². The van der Waals surface area contributed by atoms with Crippen LogP contribution in [0.15, 0.2) is 88.5 Å². The van der Waals surface area contributed by atoms with Crippen LogP contribution in [0.25, 0.3) is 11.2 Å². The van der Waals surface area contributed by atoms with Crippen molar-refractivity contribution in [2.75, 3.05) is 11.4 Å². The number of imidazole rings is 1. The highest BCUT2D eigenvalue weighted by molar-refractivity contribution is 5.77. The first-order valence-corrected chi connectivity index (χ1v) is 12.7. The number of nitrogens with zero attached hydrogens (tertiary/aromatic N) is 5. The van der Waals surface area contributed by atoms with Gasteiger partial charge in [-0.05, 0) is 54.8 Å². The molecule has 0 N–H and O–H groups in total. The molecule has 8 nitrogen and oxygen atoms in total. The Morgan fingerprint density at radius 1 is 0.895 bits per heavy atom. The molecule has 38 heavy (non-hydrogen) atoms. The van der Waals surface area contributed by atoms with Gasteiger partial charge in [0.25, 0.3) is 5.56 Å². The molecular formula is C30H29N5O3. The molecule has 3 heterocycles. The first-order valence-electron chi connectivity index (χ1n) is 12.7. The minimum atomic E-state index is -0.375. The van der Waals surface area contributed by atoms with E-state index in [4.69, 9.17) is 9.72 Å². The molecule has 1 aliphatic rings. The second-order valence-electron chi connectivity index (χ2n) is 10.0. The zero-order valence-electron chi connectivity index (χ0n) is 21.7. The van der Waals surface area contributed by atoms with Crippen molar-refractivity contribution in [3.05, 3.63) is 111 Å². The van der Waals surface area contributed by atoms with Gasteiger partial charge >= 0.3 is 5.69 Å². The molecule has 1 atom stereocenters. The third-order valence-corrected chi connectivity index (χ3v) is 7.03. The molecule has 0 saturated carbocycles. The number of hydrogen-bond donors (Lipinski definition) is 0. The van der Waals surface area contributed by atoms with E-state index in [1.807, 2.05) is 90.4 Å². The van der Waals surface area contributed by atoms with E-state index in [2.05, 4.69) is 11.8 Å². The molecule has 0 amide bonds. The van der Waals surface area contributed by atoms with Gasteiger partial charge in [0.05, 0.1) is 6.54 Å². The predicted molar refractivity (Wildman–Crippen MR) is 149 cm³/mol. The van der Waals surface area contributed by atoms with E-state index in [0.29, 0.717) is 23.7 Å². The van der Waals surface area contributed by atoms with Crippen molar-refractivity contribution in [3.8, 4) is 11.5 Å². The van der Waals surface area contributed by atoms with Gasteiger partial charge in [-0.15, -0.1) is 0 Å². The van der Waals surface area contributed by atoms with Gasteiger partial charge in [0.2, 0.25) is 5.95 Å². The molecule has 0 unspecified atom stereocenters. The summed E-state index contributed by atoms with van der Waals surface area (Å²) in [6.45, 7) is 5.77. The van der Waals surface area contributed by atoms with Gasteiger partial charge in [-0.25, -0.2) is 4.79 Å². The Morgan fingerprint density at radius 2 is 1.58 bits per heavy atom. The Bertz CT molecular complexity index is 1730. The van der Waals surface area contributed by atoms with Crippen molar-refractivity contribution in [1.82, 2.24) is 18.7 Å². The SMILES string of the molecule is Cc1ccc(Cn2c(=O)c3c(nc4n3C[C@H](C)CN4c3ccc(Oc4ccccc4)cc3)n(C)c2=O)cc1. The maximum atomic E-state index is 13.7. The smallest absolute Gasteiger partial charge is 0.332 e. The van der Waals surface area contributed by atoms with E-state index in [-0.39, 0.29) is 23.7 Å². The van der Waals surface area contributed by atoms with Crippen LogP contribution in [-0.4, -0.2) is 25.2 Å². The van der Waals surface area contributed by atoms with Crippen LogP contribution < -0.4 is 20.9 Å². The number of fused-ring (bicyclic) bond motifs is 3. The monoisotopic (exact) mass is 507 g/mol. The maximum absolute atomic E-state index is 13.7. The largest absolute Gasteiger partial charge is 0.457 e. The van der Waals surface area contributed by atoms with E-state index in [1.54, 1.807) is 7.05 Å². The van der Waals surface area contributed by atoms with Crippen LogP contribution in [0.4, 0.5) is 11.6 Å². The third-order valence-electron chi connectivity index (χ3n) is 7.03. The highest BCUT2D eigenvalue weighted by atomic mass is 16.5. The fourth-order valence-electron chi connectivity index (χ4n) is 5.06. The number of aryl methyl sites for hydroxylation is 2. The van der Waals surface area contributed by atoms with Crippen LogP contribution in [0.3, 0.4) is 0 Å². The van der Waals surface area contributed by atoms with Crippen molar-refractivity contribution < 1.29 is 4.74 Å². The minimum Gasteiger partial charge on any atom is -0.457 e. The molecule has 0 bridgehead atoms. The number of benzene rings is 3. The second-order valence-corrected chi connectivity index (χ2v) is 10.0. The van der Waals surface area contributed by atoms with Crippen molar-refractivity contribution in [3.63, 3.8) is 0 Å². The summed E-state index contributed by atoms with van der Waals surface area (Å²) in [5.74, 6) is 2.44. The highest BCUT2D eigenvalue weighted by Crippen LogP contribution is 2.34. The van der Waals surface area contributed by atoms with E-state index >= 15 is 0 Å². The van der Waals surface area contributed by atoms with Crippen LogP contribution in [0.1, 0.15) is 18.1 Å². The van der Waals surface area contributed by atoms with Gasteiger partial charge < -0.3 is 14.2 Å². The molecule has 1 aliphatic heterocycles. The van der Waals surface area contributed by atoms with Gasteiger partial charge in [0.1, 0.15) is 11.5 Å². The Kier molecular flexibility index (Phi) is 5.87. The number of hydrogen-bond acceptors (Lipinski definition) is 5. The molecule has 3 aromatic carbocycles. The standard InChI is InChI=1S/C30H29N5O3/c1-20-9-11-22(12-10-20)19-35-28(36)26-27(32(3)30(35)37)31-29-33(17-21(2)18-34(26)29)23-13-15-25(16-14-23)38-24-7-5-4-6-8-24/h4-16,21H,17-19H2,1-3H3/t21-/m1/s1. The Morgan fingerprint density at radius 3 is 2.29 bits per heavy atom. The number of aromatic nitrogens is 4. The lowest BCUT2D eigenvalue weighted by molar-refractivity contribution is 0.457. The van der Waals surface area contributed by atoms with Crippen molar-refractivity contribution in [2.24, 2.45) is 13.0 Å². The summed E-state index contributed by atoms with van der Waals surface area (Å²) in [6, 6.07) is 25.4. The predicted octanol–water partition coefficient (Wildman–Crippen LogP) is 4.83. The molecule has 0 saturated heterocycles. The quantitative estimate of drug-likeness (QED) is 0.341. The first kappa shape index (κ1) is 23.8. The Labute approximate surface area is 220 Å². The lowest BCUT2D eigenvalue weighted by atomic mass is 10.1. The summed E-state index contributed by atoms with van der Waals surface area (Å²) >= 11 is 0. The van der Waals surface area contributed by atoms with Crippen LogP contribution in [-0.2, 0) is 20.1 Å². The normalized spacial score (nSPS) is 15.0. The van der Waals surface area contributed by atoms with Crippen LogP contribution in [0.5, 0.6) is 11.5 Å². The Balaban J connectivity index is 1.41. The van der Waals surface area contributed by atoms with Crippen LogP contribution >= 0.6 is 0 Å². The molecular weight excluding hydrogens is 478 g/mol. The highest BCUT2D eigenvalue weighted by Gasteiger charge is 2.30. The molecule has 0 fully saturated rings. The van der Waals surface area contributed by atoms with Gasteiger partial charge in [0, 0.05) is 25.8 Å². The summed E-state index contributed by atoms with van der Waals surface area (Å²) < 4.78 is 10.7. The first-order chi connectivity index (χ1) is 18.4. The van der Waals surface area contributed by atoms with E-state index in [0.717, 1.165) is 34.9 Å². The summed E-state index contributed by atoms with van der Waals surface area (Å²) in [7, 11) is 1.68. The molecule has 192 valence electrons.